The molecule has 0 saturated carbocycles. The molecule has 1 aliphatic rings. The average molecular weight is 371 g/mol. The second-order valence-electron chi connectivity index (χ2n) is 5.81. The smallest absolute Gasteiger partial charge is 0.334 e. The summed E-state index contributed by atoms with van der Waals surface area (Å²) in [5.41, 5.74) is -0.956. The molecule has 1 saturated heterocycles. The van der Waals surface area contributed by atoms with Gasteiger partial charge in [0.1, 0.15) is 0 Å². The lowest BCUT2D eigenvalue weighted by atomic mass is 9.87. The van der Waals surface area contributed by atoms with Crippen LogP contribution in [0.3, 0.4) is 0 Å². The van der Waals surface area contributed by atoms with Crippen molar-refractivity contribution in [3.8, 4) is 0 Å². The number of nitrogens with one attached hydrogen (secondary N) is 1. The molecule has 1 aromatic rings. The minimum Gasteiger partial charge on any atom is -0.479 e. The van der Waals surface area contributed by atoms with Crippen LogP contribution in [-0.4, -0.2) is 47.9 Å². The van der Waals surface area contributed by atoms with Gasteiger partial charge in [-0.2, -0.15) is 0 Å². The Morgan fingerprint density at radius 1 is 1.33 bits per heavy atom. The summed E-state index contributed by atoms with van der Waals surface area (Å²) in [5, 5.41) is 12.2. The van der Waals surface area contributed by atoms with Crippen LogP contribution in [0.5, 0.6) is 0 Å². The van der Waals surface area contributed by atoms with Gasteiger partial charge >= 0.3 is 5.97 Å². The van der Waals surface area contributed by atoms with Gasteiger partial charge in [0.25, 0.3) is 0 Å². The van der Waals surface area contributed by atoms with E-state index in [9.17, 15) is 23.1 Å². The summed E-state index contributed by atoms with van der Waals surface area (Å²) >= 11 is 1.27. The van der Waals surface area contributed by atoms with Crippen molar-refractivity contribution in [2.45, 2.75) is 30.6 Å². The maximum atomic E-state index is 12.3. The summed E-state index contributed by atoms with van der Waals surface area (Å²) in [4.78, 5) is 24.1. The van der Waals surface area contributed by atoms with Gasteiger partial charge in [-0.05, 0) is 18.4 Å². The molecule has 0 aliphatic carbocycles. The Morgan fingerprint density at radius 2 is 2.00 bits per heavy atom. The van der Waals surface area contributed by atoms with Gasteiger partial charge in [0, 0.05) is 5.25 Å². The monoisotopic (exact) mass is 371 g/mol. The number of carbonyl (C=O) groups is 2. The zero-order chi connectivity index (χ0) is 17.8. The third-order valence-electron chi connectivity index (χ3n) is 4.16. The van der Waals surface area contributed by atoms with E-state index in [1.54, 1.807) is 37.3 Å². The van der Waals surface area contributed by atoms with Crippen LogP contribution >= 0.6 is 11.8 Å². The molecule has 1 heterocycles. The topological polar surface area (TPSA) is 101 Å². The van der Waals surface area contributed by atoms with Crippen molar-refractivity contribution < 1.29 is 23.1 Å². The molecule has 0 radical (unpaired) electrons. The number of hydrogen-bond acceptors (Lipinski definition) is 5. The SMILES string of the molecule is CCC(NC(=O)CSC1CCS(=O)(=O)C1)(C(=O)O)c1ccccc1. The van der Waals surface area contributed by atoms with Crippen molar-refractivity contribution >= 4 is 33.5 Å². The predicted octanol–water partition coefficient (Wildman–Crippen LogP) is 1.41. The summed E-state index contributed by atoms with van der Waals surface area (Å²) in [6.07, 6.45) is 0.747. The van der Waals surface area contributed by atoms with Crippen molar-refractivity contribution in [1.29, 1.82) is 0 Å². The third-order valence-corrected chi connectivity index (χ3v) is 7.44. The van der Waals surface area contributed by atoms with E-state index in [4.69, 9.17) is 0 Å². The van der Waals surface area contributed by atoms with Crippen molar-refractivity contribution in [2.24, 2.45) is 0 Å². The predicted molar refractivity (Wildman–Crippen MR) is 93.7 cm³/mol. The maximum absolute atomic E-state index is 12.3. The fourth-order valence-corrected chi connectivity index (χ4v) is 6.22. The van der Waals surface area contributed by atoms with Crippen molar-refractivity contribution in [2.75, 3.05) is 17.3 Å². The maximum Gasteiger partial charge on any atom is 0.334 e. The number of benzene rings is 1. The van der Waals surface area contributed by atoms with Crippen LogP contribution in [0.15, 0.2) is 30.3 Å². The Kier molecular flexibility index (Phi) is 5.92. The van der Waals surface area contributed by atoms with Crippen LogP contribution in [0.2, 0.25) is 0 Å². The van der Waals surface area contributed by atoms with Crippen LogP contribution in [0.4, 0.5) is 0 Å². The van der Waals surface area contributed by atoms with Crippen molar-refractivity contribution in [1.82, 2.24) is 5.32 Å². The third kappa shape index (κ3) is 4.30. The standard InChI is InChI=1S/C16H21NO5S2/c1-2-16(15(19)20,12-6-4-3-5-7-12)17-14(18)10-23-13-8-9-24(21,22)11-13/h3-7,13H,2,8-11H2,1H3,(H,17,18)(H,19,20). The van der Waals surface area contributed by atoms with E-state index >= 15 is 0 Å². The number of aliphatic carboxylic acids is 1. The first kappa shape index (κ1) is 18.8. The van der Waals surface area contributed by atoms with Crippen molar-refractivity contribution in [3.05, 3.63) is 35.9 Å². The number of thioether (sulfide) groups is 1. The van der Waals surface area contributed by atoms with E-state index < -0.39 is 27.3 Å². The second kappa shape index (κ2) is 7.57. The number of carboxylic acids is 1. The van der Waals surface area contributed by atoms with Crippen LogP contribution in [0, 0.1) is 0 Å². The minimum atomic E-state index is -2.99. The van der Waals surface area contributed by atoms with E-state index in [1.165, 1.54) is 11.8 Å². The van der Waals surface area contributed by atoms with Crippen LogP contribution in [-0.2, 0) is 25.0 Å². The summed E-state index contributed by atoms with van der Waals surface area (Å²) < 4.78 is 22.9. The fourth-order valence-electron chi connectivity index (χ4n) is 2.78. The summed E-state index contributed by atoms with van der Waals surface area (Å²) in [6.45, 7) is 1.71. The molecule has 1 aromatic carbocycles. The van der Waals surface area contributed by atoms with Gasteiger partial charge < -0.3 is 10.4 Å². The first-order chi connectivity index (χ1) is 11.3. The number of carboxylic acid groups (broad SMARTS) is 1. The lowest BCUT2D eigenvalue weighted by Crippen LogP contribution is -2.52. The highest BCUT2D eigenvalue weighted by molar-refractivity contribution is 8.02. The minimum absolute atomic E-state index is 0.0437. The molecule has 6 nitrogen and oxygen atoms in total. The molecule has 8 heteroatoms. The molecule has 2 atom stereocenters. The first-order valence-electron chi connectivity index (χ1n) is 7.71. The van der Waals surface area contributed by atoms with E-state index in [0.29, 0.717) is 12.0 Å². The van der Waals surface area contributed by atoms with Gasteiger partial charge in [0.05, 0.1) is 17.3 Å². The molecule has 132 valence electrons. The molecule has 2 rings (SSSR count). The Hall–Kier alpha value is -1.54. The van der Waals surface area contributed by atoms with E-state index in [1.807, 2.05) is 0 Å². The van der Waals surface area contributed by atoms with E-state index in [2.05, 4.69) is 5.32 Å². The van der Waals surface area contributed by atoms with Gasteiger partial charge in [0.15, 0.2) is 15.4 Å². The summed E-state index contributed by atoms with van der Waals surface area (Å²) in [5.74, 6) is -1.23. The highest BCUT2D eigenvalue weighted by atomic mass is 32.2. The van der Waals surface area contributed by atoms with Gasteiger partial charge in [-0.25, -0.2) is 13.2 Å². The van der Waals surface area contributed by atoms with Crippen LogP contribution in [0.25, 0.3) is 0 Å². The molecule has 24 heavy (non-hydrogen) atoms. The number of sulfone groups is 1. The zero-order valence-corrected chi connectivity index (χ0v) is 15.0. The van der Waals surface area contributed by atoms with Gasteiger partial charge in [-0.15, -0.1) is 11.8 Å². The average Bonchev–Trinajstić information content (AvgIpc) is 2.90. The fraction of sp³-hybridized carbons (Fsp3) is 0.500. The van der Waals surface area contributed by atoms with Gasteiger partial charge in [-0.1, -0.05) is 37.3 Å². The second-order valence-corrected chi connectivity index (χ2v) is 9.33. The molecular formula is C16H21NO5S2. The van der Waals surface area contributed by atoms with E-state index in [-0.39, 0.29) is 28.9 Å². The molecule has 0 spiro atoms. The zero-order valence-electron chi connectivity index (χ0n) is 13.4. The summed E-state index contributed by atoms with van der Waals surface area (Å²) in [6, 6.07) is 8.59. The van der Waals surface area contributed by atoms with Crippen LogP contribution in [0.1, 0.15) is 25.3 Å². The molecule has 1 fully saturated rings. The molecule has 2 N–H and O–H groups in total. The van der Waals surface area contributed by atoms with E-state index in [0.717, 1.165) is 0 Å². The normalized spacial score (nSPS) is 21.8. The molecule has 1 aliphatic heterocycles. The number of carbonyl (C=O) groups excluding carboxylic acids is 1. The highest BCUT2D eigenvalue weighted by Crippen LogP contribution is 2.27. The first-order valence-corrected chi connectivity index (χ1v) is 10.6. The van der Waals surface area contributed by atoms with Crippen LogP contribution < -0.4 is 5.32 Å². The largest absolute Gasteiger partial charge is 0.479 e. The summed E-state index contributed by atoms with van der Waals surface area (Å²) in [7, 11) is -2.99. The number of hydrogen-bond donors (Lipinski definition) is 2. The molecule has 2 unspecified atom stereocenters. The van der Waals surface area contributed by atoms with Crippen molar-refractivity contribution in [3.63, 3.8) is 0 Å². The molecule has 0 aromatic heterocycles. The Bertz CT molecular complexity index is 704. The van der Waals surface area contributed by atoms with Gasteiger partial charge in [0.2, 0.25) is 5.91 Å². The number of amides is 1. The highest BCUT2D eigenvalue weighted by Gasteiger charge is 2.40. The molecule has 0 bridgehead atoms. The number of rotatable bonds is 7. The Morgan fingerprint density at radius 3 is 2.50 bits per heavy atom. The Balaban J connectivity index is 2.04. The molecular weight excluding hydrogens is 350 g/mol. The lowest BCUT2D eigenvalue weighted by molar-refractivity contribution is -0.148. The lowest BCUT2D eigenvalue weighted by Gasteiger charge is -2.30. The molecule has 1 amide bonds. The van der Waals surface area contributed by atoms with Gasteiger partial charge in [-0.3, -0.25) is 4.79 Å². The quantitative estimate of drug-likeness (QED) is 0.752. The Labute approximate surface area is 145 Å².